The predicted octanol–water partition coefficient (Wildman–Crippen LogP) is 4.14. The van der Waals surface area contributed by atoms with E-state index >= 15 is 0 Å². The van der Waals surface area contributed by atoms with Gasteiger partial charge in [-0.25, -0.2) is 0 Å². The van der Waals surface area contributed by atoms with Crippen molar-refractivity contribution < 1.29 is 4.79 Å². The van der Waals surface area contributed by atoms with Crippen molar-refractivity contribution in [3.8, 4) is 0 Å². The van der Waals surface area contributed by atoms with E-state index in [1.165, 1.54) is 16.8 Å². The molecule has 0 bridgehead atoms. The van der Waals surface area contributed by atoms with Crippen LogP contribution < -0.4 is 10.2 Å². The lowest BCUT2D eigenvalue weighted by molar-refractivity contribution is -0.117. The molecule has 26 heavy (non-hydrogen) atoms. The lowest BCUT2D eigenvalue weighted by atomic mass is 10.1. The van der Waals surface area contributed by atoms with E-state index < -0.39 is 0 Å². The fraction of sp³-hybridized carbons (Fsp3) is 0.381. The van der Waals surface area contributed by atoms with Crippen LogP contribution in [0.4, 0.5) is 11.4 Å². The summed E-state index contributed by atoms with van der Waals surface area (Å²) in [6.45, 7) is 10.5. The van der Waals surface area contributed by atoms with E-state index in [2.05, 4.69) is 63.1 Å². The second-order valence-corrected chi connectivity index (χ2v) is 7.94. The molecular weight excluding hydrogens is 390 g/mol. The normalized spacial score (nSPS) is 15.2. The fourth-order valence-corrected chi connectivity index (χ4v) is 3.91. The van der Waals surface area contributed by atoms with Crippen LogP contribution in [0.3, 0.4) is 0 Å². The molecule has 1 saturated heterocycles. The number of carbonyl (C=O) groups excluding carboxylic acids is 1. The fourth-order valence-electron chi connectivity index (χ4n) is 3.32. The minimum atomic E-state index is 0.0368. The zero-order chi connectivity index (χ0) is 18.7. The number of nitrogens with zero attached hydrogens (tertiary/aromatic N) is 2. The topological polar surface area (TPSA) is 35.6 Å². The Hall–Kier alpha value is -1.85. The van der Waals surface area contributed by atoms with E-state index in [0.29, 0.717) is 6.54 Å². The molecule has 1 fully saturated rings. The smallest absolute Gasteiger partial charge is 0.238 e. The number of hydrogen-bond acceptors (Lipinski definition) is 3. The Balaban J connectivity index is 1.53. The summed E-state index contributed by atoms with van der Waals surface area (Å²) in [5.41, 5.74) is 5.91. The molecular formula is C21H26BrN3O. The Morgan fingerprint density at radius 1 is 1.00 bits per heavy atom. The maximum absolute atomic E-state index is 12.4. The van der Waals surface area contributed by atoms with Gasteiger partial charge in [-0.1, -0.05) is 18.2 Å². The van der Waals surface area contributed by atoms with Gasteiger partial charge in [-0.05, 0) is 71.6 Å². The molecule has 138 valence electrons. The summed E-state index contributed by atoms with van der Waals surface area (Å²) in [4.78, 5) is 17.0. The van der Waals surface area contributed by atoms with Gasteiger partial charge in [0.25, 0.3) is 0 Å². The van der Waals surface area contributed by atoms with Gasteiger partial charge in [0.15, 0.2) is 0 Å². The number of carbonyl (C=O) groups is 1. The summed E-state index contributed by atoms with van der Waals surface area (Å²) in [5, 5.41) is 3.00. The van der Waals surface area contributed by atoms with Gasteiger partial charge in [0.2, 0.25) is 5.91 Å². The van der Waals surface area contributed by atoms with Gasteiger partial charge in [0, 0.05) is 36.3 Å². The van der Waals surface area contributed by atoms with Crippen LogP contribution in [0.25, 0.3) is 0 Å². The number of aryl methyl sites for hydroxylation is 3. The van der Waals surface area contributed by atoms with Crippen molar-refractivity contribution in [2.24, 2.45) is 0 Å². The number of nitrogens with one attached hydrogen (secondary N) is 1. The molecule has 2 aromatic carbocycles. The average molecular weight is 416 g/mol. The number of anilines is 2. The molecule has 2 aromatic rings. The van der Waals surface area contributed by atoms with Crippen LogP contribution in [0.1, 0.15) is 16.7 Å². The van der Waals surface area contributed by atoms with Crippen molar-refractivity contribution in [3.63, 3.8) is 0 Å². The highest BCUT2D eigenvalue weighted by Gasteiger charge is 2.20. The van der Waals surface area contributed by atoms with Crippen LogP contribution in [0.5, 0.6) is 0 Å². The van der Waals surface area contributed by atoms with E-state index in [4.69, 9.17) is 0 Å². The van der Waals surface area contributed by atoms with Crippen LogP contribution in [-0.2, 0) is 4.79 Å². The molecule has 0 radical (unpaired) electrons. The highest BCUT2D eigenvalue weighted by molar-refractivity contribution is 9.10. The van der Waals surface area contributed by atoms with Gasteiger partial charge >= 0.3 is 0 Å². The summed E-state index contributed by atoms with van der Waals surface area (Å²) in [7, 11) is 0. The number of rotatable bonds is 4. The first-order chi connectivity index (χ1) is 12.4. The standard InChI is InChI=1S/C21H26BrN3O/c1-15-5-7-19(18(22)12-15)23-21(26)14-24-8-10-25(11-9-24)20-13-16(2)4-6-17(20)3/h4-7,12-13H,8-11,14H2,1-3H3,(H,23,26). The minimum absolute atomic E-state index is 0.0368. The van der Waals surface area contributed by atoms with Crippen molar-refractivity contribution in [1.29, 1.82) is 0 Å². The number of benzene rings is 2. The van der Waals surface area contributed by atoms with E-state index in [9.17, 15) is 4.79 Å². The molecule has 4 nitrogen and oxygen atoms in total. The second kappa shape index (κ2) is 8.23. The van der Waals surface area contributed by atoms with E-state index in [0.717, 1.165) is 41.9 Å². The Kier molecular flexibility index (Phi) is 5.99. The Morgan fingerprint density at radius 2 is 1.65 bits per heavy atom. The van der Waals surface area contributed by atoms with Gasteiger partial charge in [-0.15, -0.1) is 0 Å². The molecule has 1 amide bonds. The molecule has 0 aliphatic carbocycles. The van der Waals surface area contributed by atoms with Crippen molar-refractivity contribution in [2.75, 3.05) is 42.9 Å². The summed E-state index contributed by atoms with van der Waals surface area (Å²) in [6, 6.07) is 12.6. The molecule has 0 unspecified atom stereocenters. The van der Waals surface area contributed by atoms with Crippen molar-refractivity contribution in [1.82, 2.24) is 4.90 Å². The lowest BCUT2D eigenvalue weighted by Crippen LogP contribution is -2.48. The molecule has 0 aromatic heterocycles. The van der Waals surface area contributed by atoms with Gasteiger partial charge in [0.1, 0.15) is 0 Å². The average Bonchev–Trinajstić information content (AvgIpc) is 2.60. The minimum Gasteiger partial charge on any atom is -0.369 e. The molecule has 3 rings (SSSR count). The molecule has 5 heteroatoms. The van der Waals surface area contributed by atoms with E-state index in [-0.39, 0.29) is 5.91 Å². The largest absolute Gasteiger partial charge is 0.369 e. The zero-order valence-corrected chi connectivity index (χ0v) is 17.3. The molecule has 0 spiro atoms. The number of amides is 1. The van der Waals surface area contributed by atoms with Gasteiger partial charge in [0.05, 0.1) is 12.2 Å². The third-order valence-electron chi connectivity index (χ3n) is 4.84. The van der Waals surface area contributed by atoms with Crippen LogP contribution in [-0.4, -0.2) is 43.5 Å². The summed E-state index contributed by atoms with van der Waals surface area (Å²) in [6.07, 6.45) is 0. The van der Waals surface area contributed by atoms with Crippen LogP contribution >= 0.6 is 15.9 Å². The first kappa shape index (κ1) is 18.9. The number of hydrogen-bond donors (Lipinski definition) is 1. The molecule has 1 aliphatic heterocycles. The Morgan fingerprint density at radius 3 is 2.35 bits per heavy atom. The molecule has 0 atom stereocenters. The third-order valence-corrected chi connectivity index (χ3v) is 5.50. The van der Waals surface area contributed by atoms with Gasteiger partial charge < -0.3 is 10.2 Å². The summed E-state index contributed by atoms with van der Waals surface area (Å²) < 4.78 is 0.922. The number of piperazine rings is 1. The monoisotopic (exact) mass is 415 g/mol. The van der Waals surface area contributed by atoms with Crippen LogP contribution in [0.15, 0.2) is 40.9 Å². The predicted molar refractivity (Wildman–Crippen MR) is 112 cm³/mol. The van der Waals surface area contributed by atoms with Crippen molar-refractivity contribution in [2.45, 2.75) is 20.8 Å². The summed E-state index contributed by atoms with van der Waals surface area (Å²) in [5.74, 6) is 0.0368. The highest BCUT2D eigenvalue weighted by Crippen LogP contribution is 2.24. The quantitative estimate of drug-likeness (QED) is 0.814. The molecule has 0 saturated carbocycles. The Bertz CT molecular complexity index is 798. The first-order valence-corrected chi connectivity index (χ1v) is 9.82. The molecule has 1 aliphatic rings. The van der Waals surface area contributed by atoms with E-state index in [1.54, 1.807) is 0 Å². The van der Waals surface area contributed by atoms with Crippen molar-refractivity contribution in [3.05, 3.63) is 57.6 Å². The Labute approximate surface area is 164 Å². The van der Waals surface area contributed by atoms with E-state index in [1.807, 2.05) is 25.1 Å². The maximum atomic E-state index is 12.4. The van der Waals surface area contributed by atoms with Gasteiger partial charge in [-0.2, -0.15) is 0 Å². The zero-order valence-electron chi connectivity index (χ0n) is 15.7. The number of halogens is 1. The maximum Gasteiger partial charge on any atom is 0.238 e. The van der Waals surface area contributed by atoms with Gasteiger partial charge in [-0.3, -0.25) is 9.69 Å². The molecule has 1 heterocycles. The highest BCUT2D eigenvalue weighted by atomic mass is 79.9. The third kappa shape index (κ3) is 4.65. The molecule has 1 N–H and O–H groups in total. The first-order valence-electron chi connectivity index (χ1n) is 9.03. The van der Waals surface area contributed by atoms with Crippen molar-refractivity contribution >= 4 is 33.2 Å². The van der Waals surface area contributed by atoms with Crippen LogP contribution in [0.2, 0.25) is 0 Å². The SMILES string of the molecule is Cc1ccc(NC(=O)CN2CCN(c3cc(C)ccc3C)CC2)c(Br)c1. The van der Waals surface area contributed by atoms with Crippen LogP contribution in [0, 0.1) is 20.8 Å². The summed E-state index contributed by atoms with van der Waals surface area (Å²) >= 11 is 3.51. The second-order valence-electron chi connectivity index (χ2n) is 7.08. The lowest BCUT2D eigenvalue weighted by Gasteiger charge is -2.36.